The molecule has 4 rings (SSSR count). The number of hydrogen-bond donors (Lipinski definition) is 2. The van der Waals surface area contributed by atoms with Gasteiger partial charge in [0.1, 0.15) is 5.82 Å². The average molecular weight is 358 g/mol. The summed E-state index contributed by atoms with van der Waals surface area (Å²) < 4.78 is 0. The van der Waals surface area contributed by atoms with Crippen LogP contribution in [0.5, 0.6) is 0 Å². The molecule has 27 heavy (non-hydrogen) atoms. The van der Waals surface area contributed by atoms with Crippen molar-refractivity contribution in [2.45, 2.75) is 45.6 Å². The number of hydrogen-bond acceptors (Lipinski definition) is 4. The maximum atomic E-state index is 4.79. The molecule has 4 heteroatoms. The van der Waals surface area contributed by atoms with E-state index in [-0.39, 0.29) is 0 Å². The molecular formula is C23H26N4. The summed E-state index contributed by atoms with van der Waals surface area (Å²) >= 11 is 0. The Balaban J connectivity index is 1.69. The van der Waals surface area contributed by atoms with Gasteiger partial charge in [0.2, 0.25) is 5.95 Å². The highest BCUT2D eigenvalue weighted by Gasteiger charge is 2.17. The summed E-state index contributed by atoms with van der Waals surface area (Å²) in [7, 11) is 0. The molecule has 0 bridgehead atoms. The van der Waals surface area contributed by atoms with Gasteiger partial charge in [-0.2, -0.15) is 4.98 Å². The van der Waals surface area contributed by atoms with Gasteiger partial charge in [0.25, 0.3) is 0 Å². The van der Waals surface area contributed by atoms with Crippen LogP contribution < -0.4 is 10.6 Å². The van der Waals surface area contributed by atoms with Crippen molar-refractivity contribution in [2.24, 2.45) is 0 Å². The first-order chi connectivity index (χ1) is 13.2. The Morgan fingerprint density at radius 3 is 2.44 bits per heavy atom. The van der Waals surface area contributed by atoms with Crippen LogP contribution in [-0.4, -0.2) is 16.0 Å². The van der Waals surface area contributed by atoms with E-state index in [2.05, 4.69) is 54.8 Å². The molecule has 138 valence electrons. The summed E-state index contributed by atoms with van der Waals surface area (Å²) in [6, 6.07) is 19.2. The van der Waals surface area contributed by atoms with Crippen LogP contribution in [0, 0.1) is 13.8 Å². The number of rotatable bonds is 5. The minimum atomic E-state index is 0.476. The minimum absolute atomic E-state index is 0.476. The van der Waals surface area contributed by atoms with Crippen LogP contribution in [0.15, 0.2) is 54.6 Å². The Kier molecular flexibility index (Phi) is 5.05. The highest BCUT2D eigenvalue weighted by atomic mass is 15.2. The van der Waals surface area contributed by atoms with Gasteiger partial charge >= 0.3 is 0 Å². The topological polar surface area (TPSA) is 49.8 Å². The van der Waals surface area contributed by atoms with E-state index in [1.165, 1.54) is 36.8 Å². The summed E-state index contributed by atoms with van der Waals surface area (Å²) in [6.45, 7) is 4.21. The third-order valence-corrected chi connectivity index (χ3v) is 5.14. The molecule has 2 N–H and O–H groups in total. The number of aromatic nitrogens is 2. The molecular weight excluding hydrogens is 332 g/mol. The smallest absolute Gasteiger partial charge is 0.225 e. The first-order valence-electron chi connectivity index (χ1n) is 9.73. The molecule has 1 aromatic heterocycles. The second kappa shape index (κ2) is 7.78. The lowest BCUT2D eigenvalue weighted by Gasteiger charge is -2.16. The molecule has 2 aromatic carbocycles. The molecule has 1 heterocycles. The van der Waals surface area contributed by atoms with Gasteiger partial charge in [-0.3, -0.25) is 0 Å². The first kappa shape index (κ1) is 17.5. The quantitative estimate of drug-likeness (QED) is 0.600. The normalized spacial score (nSPS) is 14.3. The number of anilines is 3. The van der Waals surface area contributed by atoms with Crippen LogP contribution in [0.4, 0.5) is 17.5 Å². The molecule has 3 aromatic rings. The van der Waals surface area contributed by atoms with E-state index in [0.717, 1.165) is 22.8 Å². The molecule has 1 saturated carbocycles. The zero-order valence-electron chi connectivity index (χ0n) is 16.0. The Morgan fingerprint density at radius 1 is 0.889 bits per heavy atom. The zero-order valence-corrected chi connectivity index (χ0v) is 16.0. The molecule has 0 aliphatic heterocycles. The lowest BCUT2D eigenvalue weighted by molar-refractivity contribution is 0.744. The second-order valence-electron chi connectivity index (χ2n) is 7.40. The molecule has 1 fully saturated rings. The maximum absolute atomic E-state index is 4.79. The Hall–Kier alpha value is -2.88. The van der Waals surface area contributed by atoms with Crippen molar-refractivity contribution in [3.05, 3.63) is 65.7 Å². The van der Waals surface area contributed by atoms with E-state index in [9.17, 15) is 0 Å². The van der Waals surface area contributed by atoms with Crippen LogP contribution in [0.25, 0.3) is 11.3 Å². The van der Waals surface area contributed by atoms with Crippen molar-refractivity contribution in [3.63, 3.8) is 0 Å². The summed E-state index contributed by atoms with van der Waals surface area (Å²) in [5.41, 5.74) is 5.53. The van der Waals surface area contributed by atoms with Crippen LogP contribution in [0.3, 0.4) is 0 Å². The molecule has 0 saturated heterocycles. The molecule has 0 radical (unpaired) electrons. The van der Waals surface area contributed by atoms with Gasteiger partial charge in [0.15, 0.2) is 0 Å². The largest absolute Gasteiger partial charge is 0.351 e. The van der Waals surface area contributed by atoms with Gasteiger partial charge in [0.05, 0.1) is 5.69 Å². The predicted molar refractivity (Wildman–Crippen MR) is 113 cm³/mol. The number of nitrogens with zero attached hydrogens (tertiary/aromatic N) is 2. The fourth-order valence-corrected chi connectivity index (χ4v) is 3.59. The van der Waals surface area contributed by atoms with Crippen molar-refractivity contribution in [3.8, 4) is 11.3 Å². The molecule has 1 aliphatic rings. The van der Waals surface area contributed by atoms with E-state index in [4.69, 9.17) is 9.97 Å². The summed E-state index contributed by atoms with van der Waals surface area (Å²) in [6.07, 6.45) is 4.95. The molecule has 4 nitrogen and oxygen atoms in total. The minimum Gasteiger partial charge on any atom is -0.351 e. The monoisotopic (exact) mass is 358 g/mol. The van der Waals surface area contributed by atoms with E-state index in [1.807, 2.05) is 24.3 Å². The van der Waals surface area contributed by atoms with Crippen LogP contribution in [0.2, 0.25) is 0 Å². The average Bonchev–Trinajstić information content (AvgIpc) is 3.18. The second-order valence-corrected chi connectivity index (χ2v) is 7.40. The van der Waals surface area contributed by atoms with Crippen LogP contribution in [0.1, 0.15) is 36.8 Å². The highest BCUT2D eigenvalue weighted by molar-refractivity contribution is 5.68. The lowest BCUT2D eigenvalue weighted by atomic mass is 10.1. The third kappa shape index (κ3) is 4.27. The van der Waals surface area contributed by atoms with E-state index >= 15 is 0 Å². The van der Waals surface area contributed by atoms with Gasteiger partial charge in [-0.1, -0.05) is 55.3 Å². The van der Waals surface area contributed by atoms with Crippen LogP contribution >= 0.6 is 0 Å². The molecule has 1 aliphatic carbocycles. The summed E-state index contributed by atoms with van der Waals surface area (Å²) in [5.74, 6) is 1.52. The van der Waals surface area contributed by atoms with Gasteiger partial charge in [-0.25, -0.2) is 4.98 Å². The molecule has 0 amide bonds. The van der Waals surface area contributed by atoms with Crippen molar-refractivity contribution >= 4 is 17.5 Å². The molecule has 0 unspecified atom stereocenters. The van der Waals surface area contributed by atoms with Crippen molar-refractivity contribution < 1.29 is 0 Å². The standard InChI is InChI=1S/C23H26N4/c1-16-12-13-17(2)20(14-16)25-22-15-21(18-8-4-3-5-9-18)26-23(27-22)24-19-10-6-7-11-19/h3-5,8-9,12-15,19H,6-7,10-11H2,1-2H3,(H2,24,25,26,27). The Bertz CT molecular complexity index is 915. The SMILES string of the molecule is Cc1ccc(C)c(Nc2cc(-c3ccccc3)nc(NC3CCCC3)n2)c1. The van der Waals surface area contributed by atoms with E-state index in [0.29, 0.717) is 12.0 Å². The zero-order chi connectivity index (χ0) is 18.6. The number of aryl methyl sites for hydroxylation is 2. The van der Waals surface area contributed by atoms with E-state index in [1.54, 1.807) is 0 Å². The highest BCUT2D eigenvalue weighted by Crippen LogP contribution is 2.27. The fraction of sp³-hybridized carbons (Fsp3) is 0.304. The van der Waals surface area contributed by atoms with Gasteiger partial charge in [0, 0.05) is 23.4 Å². The van der Waals surface area contributed by atoms with Crippen molar-refractivity contribution in [1.82, 2.24) is 9.97 Å². The lowest BCUT2D eigenvalue weighted by Crippen LogP contribution is -2.17. The van der Waals surface area contributed by atoms with Gasteiger partial charge < -0.3 is 10.6 Å². The molecule has 0 atom stereocenters. The first-order valence-corrected chi connectivity index (χ1v) is 9.73. The van der Waals surface area contributed by atoms with Gasteiger partial charge in [-0.15, -0.1) is 0 Å². The number of benzene rings is 2. The number of nitrogens with one attached hydrogen (secondary N) is 2. The van der Waals surface area contributed by atoms with Crippen LogP contribution in [-0.2, 0) is 0 Å². The molecule has 0 spiro atoms. The van der Waals surface area contributed by atoms with Crippen molar-refractivity contribution in [1.29, 1.82) is 0 Å². The predicted octanol–water partition coefficient (Wildman–Crippen LogP) is 5.86. The Morgan fingerprint density at radius 2 is 1.67 bits per heavy atom. The summed E-state index contributed by atoms with van der Waals surface area (Å²) in [5, 5.41) is 7.04. The van der Waals surface area contributed by atoms with Crippen molar-refractivity contribution in [2.75, 3.05) is 10.6 Å². The van der Waals surface area contributed by atoms with E-state index < -0.39 is 0 Å². The summed E-state index contributed by atoms with van der Waals surface area (Å²) in [4.78, 5) is 9.54. The maximum Gasteiger partial charge on any atom is 0.225 e. The fourth-order valence-electron chi connectivity index (χ4n) is 3.59. The Labute approximate surface area is 161 Å². The third-order valence-electron chi connectivity index (χ3n) is 5.14. The van der Waals surface area contributed by atoms with Gasteiger partial charge in [-0.05, 0) is 43.9 Å².